The van der Waals surface area contributed by atoms with Crippen molar-refractivity contribution in [2.24, 2.45) is 7.05 Å². The first kappa shape index (κ1) is 13.1. The summed E-state index contributed by atoms with van der Waals surface area (Å²) in [5.74, 6) is -0.555. The summed E-state index contributed by atoms with van der Waals surface area (Å²) in [5.41, 5.74) is 1.83. The lowest BCUT2D eigenvalue weighted by atomic mass is 10.2. The summed E-state index contributed by atoms with van der Waals surface area (Å²) >= 11 is 0. The van der Waals surface area contributed by atoms with E-state index in [2.05, 4.69) is 15.6 Å². The fourth-order valence-corrected chi connectivity index (χ4v) is 1.68. The van der Waals surface area contributed by atoms with E-state index in [0.29, 0.717) is 17.9 Å². The van der Waals surface area contributed by atoms with Gasteiger partial charge in [0.2, 0.25) is 5.91 Å². The number of carbonyl (C=O) groups excluding carboxylic acids is 1. The van der Waals surface area contributed by atoms with Crippen LogP contribution in [0.4, 0.5) is 15.8 Å². The Morgan fingerprint density at radius 1 is 1.47 bits per heavy atom. The SMILES string of the molecule is CC(=O)Nc1ccc(F)c(NCc2cncn2C)c1. The quantitative estimate of drug-likeness (QED) is 0.887. The Kier molecular flexibility index (Phi) is 3.79. The largest absolute Gasteiger partial charge is 0.377 e. The molecule has 0 radical (unpaired) electrons. The second-order valence-electron chi connectivity index (χ2n) is 4.23. The molecule has 100 valence electrons. The maximum Gasteiger partial charge on any atom is 0.221 e. The number of aryl methyl sites for hydroxylation is 1. The first-order chi connectivity index (χ1) is 9.06. The number of anilines is 2. The molecule has 2 rings (SSSR count). The van der Waals surface area contributed by atoms with E-state index in [1.807, 2.05) is 11.6 Å². The molecule has 5 nitrogen and oxygen atoms in total. The Hall–Kier alpha value is -2.37. The molecule has 0 atom stereocenters. The standard InChI is InChI=1S/C13H15FN4O/c1-9(19)17-10-3-4-12(14)13(5-10)16-7-11-6-15-8-18(11)2/h3-6,8,16H,7H2,1-2H3,(H,17,19). The Morgan fingerprint density at radius 3 is 2.89 bits per heavy atom. The van der Waals surface area contributed by atoms with Crippen LogP contribution in [0.2, 0.25) is 0 Å². The van der Waals surface area contributed by atoms with Crippen LogP contribution in [0, 0.1) is 5.82 Å². The average molecular weight is 262 g/mol. The number of nitrogens with zero attached hydrogens (tertiary/aromatic N) is 2. The van der Waals surface area contributed by atoms with E-state index in [1.165, 1.54) is 19.1 Å². The van der Waals surface area contributed by atoms with Crippen LogP contribution in [-0.4, -0.2) is 15.5 Å². The number of rotatable bonds is 4. The van der Waals surface area contributed by atoms with E-state index in [1.54, 1.807) is 18.6 Å². The zero-order valence-corrected chi connectivity index (χ0v) is 10.8. The summed E-state index contributed by atoms with van der Waals surface area (Å²) in [7, 11) is 1.87. The van der Waals surface area contributed by atoms with Gasteiger partial charge in [0, 0.05) is 25.9 Å². The molecule has 2 aromatic rings. The number of hydrogen-bond acceptors (Lipinski definition) is 3. The molecular formula is C13H15FN4O. The van der Waals surface area contributed by atoms with E-state index in [4.69, 9.17) is 0 Å². The van der Waals surface area contributed by atoms with Crippen molar-refractivity contribution < 1.29 is 9.18 Å². The van der Waals surface area contributed by atoms with Gasteiger partial charge in [0.1, 0.15) is 5.82 Å². The molecule has 0 fully saturated rings. The van der Waals surface area contributed by atoms with Gasteiger partial charge >= 0.3 is 0 Å². The third-order valence-electron chi connectivity index (χ3n) is 2.66. The normalized spacial score (nSPS) is 10.3. The summed E-state index contributed by atoms with van der Waals surface area (Å²) in [6, 6.07) is 4.40. The molecule has 19 heavy (non-hydrogen) atoms. The lowest BCUT2D eigenvalue weighted by molar-refractivity contribution is -0.114. The number of halogens is 1. The fourth-order valence-electron chi connectivity index (χ4n) is 1.68. The Morgan fingerprint density at radius 2 is 2.26 bits per heavy atom. The molecular weight excluding hydrogens is 247 g/mol. The van der Waals surface area contributed by atoms with Gasteiger partial charge in [-0.25, -0.2) is 9.37 Å². The molecule has 1 amide bonds. The van der Waals surface area contributed by atoms with Crippen molar-refractivity contribution in [3.05, 3.63) is 42.2 Å². The van der Waals surface area contributed by atoms with Gasteiger partial charge < -0.3 is 15.2 Å². The van der Waals surface area contributed by atoms with E-state index in [-0.39, 0.29) is 11.7 Å². The average Bonchev–Trinajstić information content (AvgIpc) is 2.75. The molecule has 1 aromatic carbocycles. The second-order valence-corrected chi connectivity index (χ2v) is 4.23. The van der Waals surface area contributed by atoms with Crippen LogP contribution in [0.15, 0.2) is 30.7 Å². The van der Waals surface area contributed by atoms with Crippen molar-refractivity contribution in [1.82, 2.24) is 9.55 Å². The predicted octanol–water partition coefficient (Wildman–Crippen LogP) is 2.13. The van der Waals surface area contributed by atoms with Crippen LogP contribution in [-0.2, 0) is 18.4 Å². The lowest BCUT2D eigenvalue weighted by Crippen LogP contribution is -2.08. The highest BCUT2D eigenvalue weighted by Crippen LogP contribution is 2.20. The maximum atomic E-state index is 13.6. The van der Waals surface area contributed by atoms with Gasteiger partial charge in [0.05, 0.1) is 24.3 Å². The first-order valence-corrected chi connectivity index (χ1v) is 5.82. The summed E-state index contributed by atoms with van der Waals surface area (Å²) in [6.45, 7) is 1.86. The van der Waals surface area contributed by atoms with Crippen molar-refractivity contribution in [3.8, 4) is 0 Å². The van der Waals surface area contributed by atoms with Gasteiger partial charge in [0.15, 0.2) is 0 Å². The van der Waals surface area contributed by atoms with Crippen LogP contribution < -0.4 is 10.6 Å². The second kappa shape index (κ2) is 5.51. The van der Waals surface area contributed by atoms with Crippen molar-refractivity contribution in [3.63, 3.8) is 0 Å². The number of carbonyl (C=O) groups is 1. The highest BCUT2D eigenvalue weighted by molar-refractivity contribution is 5.89. The number of hydrogen-bond donors (Lipinski definition) is 2. The Bertz CT molecular complexity index is 594. The summed E-state index contributed by atoms with van der Waals surface area (Å²) in [4.78, 5) is 14.9. The summed E-state index contributed by atoms with van der Waals surface area (Å²) < 4.78 is 15.5. The van der Waals surface area contributed by atoms with Crippen LogP contribution in [0.5, 0.6) is 0 Å². The number of nitrogens with one attached hydrogen (secondary N) is 2. The maximum absolute atomic E-state index is 13.6. The first-order valence-electron chi connectivity index (χ1n) is 5.82. The minimum atomic E-state index is -0.365. The zero-order chi connectivity index (χ0) is 13.8. The molecule has 1 aromatic heterocycles. The van der Waals surface area contributed by atoms with Gasteiger partial charge in [0.25, 0.3) is 0 Å². The minimum absolute atomic E-state index is 0.191. The molecule has 0 saturated carbocycles. The van der Waals surface area contributed by atoms with Gasteiger partial charge in [-0.15, -0.1) is 0 Å². The molecule has 0 aliphatic carbocycles. The van der Waals surface area contributed by atoms with Crippen LogP contribution in [0.1, 0.15) is 12.6 Å². The number of aromatic nitrogens is 2. The van der Waals surface area contributed by atoms with E-state index in [9.17, 15) is 9.18 Å². The molecule has 0 aliphatic rings. The number of amides is 1. The van der Waals surface area contributed by atoms with E-state index in [0.717, 1.165) is 5.69 Å². The van der Waals surface area contributed by atoms with E-state index >= 15 is 0 Å². The molecule has 0 spiro atoms. The molecule has 0 aliphatic heterocycles. The van der Waals surface area contributed by atoms with Crippen molar-refractivity contribution in [2.45, 2.75) is 13.5 Å². The molecule has 0 bridgehead atoms. The van der Waals surface area contributed by atoms with Crippen LogP contribution >= 0.6 is 0 Å². The fraction of sp³-hybridized carbons (Fsp3) is 0.231. The van der Waals surface area contributed by atoms with Crippen molar-refractivity contribution in [1.29, 1.82) is 0 Å². The highest BCUT2D eigenvalue weighted by Gasteiger charge is 2.05. The van der Waals surface area contributed by atoms with Gasteiger partial charge in [-0.1, -0.05) is 0 Å². The molecule has 6 heteroatoms. The molecule has 0 saturated heterocycles. The Labute approximate surface area is 110 Å². The number of benzene rings is 1. The molecule has 0 unspecified atom stereocenters. The molecule has 2 N–H and O–H groups in total. The topological polar surface area (TPSA) is 59.0 Å². The zero-order valence-electron chi connectivity index (χ0n) is 10.8. The predicted molar refractivity (Wildman–Crippen MR) is 71.2 cm³/mol. The van der Waals surface area contributed by atoms with Gasteiger partial charge in [-0.2, -0.15) is 0 Å². The molecule has 1 heterocycles. The van der Waals surface area contributed by atoms with Gasteiger partial charge in [-0.05, 0) is 18.2 Å². The highest BCUT2D eigenvalue weighted by atomic mass is 19.1. The third-order valence-corrected chi connectivity index (χ3v) is 2.66. The smallest absolute Gasteiger partial charge is 0.221 e. The summed E-state index contributed by atoms with van der Waals surface area (Å²) in [6.07, 6.45) is 3.39. The van der Waals surface area contributed by atoms with Crippen molar-refractivity contribution in [2.75, 3.05) is 10.6 Å². The van der Waals surface area contributed by atoms with Crippen molar-refractivity contribution >= 4 is 17.3 Å². The van der Waals surface area contributed by atoms with Crippen LogP contribution in [0.3, 0.4) is 0 Å². The Balaban J connectivity index is 2.11. The summed E-state index contributed by atoms with van der Waals surface area (Å²) in [5, 5.41) is 5.60. The van der Waals surface area contributed by atoms with E-state index < -0.39 is 0 Å². The minimum Gasteiger partial charge on any atom is -0.377 e. The van der Waals surface area contributed by atoms with Crippen LogP contribution in [0.25, 0.3) is 0 Å². The number of imidazole rings is 1. The van der Waals surface area contributed by atoms with Gasteiger partial charge in [-0.3, -0.25) is 4.79 Å². The third kappa shape index (κ3) is 3.31. The lowest BCUT2D eigenvalue weighted by Gasteiger charge is -2.10. The monoisotopic (exact) mass is 262 g/mol.